The number of nitrogens with zero attached hydrogens (tertiary/aromatic N) is 1. The minimum atomic E-state index is -3.46. The molecule has 122 valence electrons. The van der Waals surface area contributed by atoms with Gasteiger partial charge in [0.05, 0.1) is 0 Å². The number of carbonyl (C=O) groups excluding carboxylic acids is 1. The maximum atomic E-state index is 12.8. The smallest absolute Gasteiger partial charge is 0.241 e. The van der Waals surface area contributed by atoms with Crippen LogP contribution in [0.4, 0.5) is 0 Å². The van der Waals surface area contributed by atoms with E-state index in [-0.39, 0.29) is 24.4 Å². The van der Waals surface area contributed by atoms with Crippen molar-refractivity contribution >= 4 is 15.7 Å². The molecule has 22 heavy (non-hydrogen) atoms. The molecule has 6 heteroatoms. The Balaban J connectivity index is 2.20. The fraction of sp³-hybridized carbons (Fsp3) is 0.562. The molecule has 0 spiro atoms. The average molecular weight is 324 g/mol. The Labute approximate surface area is 132 Å². The van der Waals surface area contributed by atoms with Crippen molar-refractivity contribution in [1.29, 1.82) is 0 Å². The lowest BCUT2D eigenvalue weighted by Gasteiger charge is -2.37. The number of sulfone groups is 1. The van der Waals surface area contributed by atoms with Gasteiger partial charge in [0.25, 0.3) is 0 Å². The summed E-state index contributed by atoms with van der Waals surface area (Å²) < 4.78 is 24.2. The van der Waals surface area contributed by atoms with Crippen LogP contribution >= 0.6 is 0 Å². The van der Waals surface area contributed by atoms with Gasteiger partial charge in [-0.1, -0.05) is 30.3 Å². The molecule has 0 aromatic heterocycles. The van der Waals surface area contributed by atoms with E-state index in [2.05, 4.69) is 5.32 Å². The number of hydrogen-bond acceptors (Lipinski definition) is 4. The summed E-state index contributed by atoms with van der Waals surface area (Å²) in [6.07, 6.45) is 1.37. The number of benzene rings is 1. The first-order chi connectivity index (χ1) is 10.3. The van der Waals surface area contributed by atoms with Crippen LogP contribution in [-0.4, -0.2) is 55.9 Å². The van der Waals surface area contributed by atoms with Crippen molar-refractivity contribution in [2.75, 3.05) is 19.3 Å². The lowest BCUT2D eigenvalue weighted by atomic mass is 10.1. The molecule has 3 atom stereocenters. The van der Waals surface area contributed by atoms with Crippen LogP contribution < -0.4 is 5.32 Å². The van der Waals surface area contributed by atoms with E-state index in [4.69, 9.17) is 0 Å². The van der Waals surface area contributed by atoms with Crippen LogP contribution in [0.3, 0.4) is 0 Å². The Bertz CT molecular complexity index is 606. The Morgan fingerprint density at radius 3 is 2.27 bits per heavy atom. The standard InChI is InChI=1S/C16H24N2O3S/c1-12-10-18(11-13(2)17-12)16(19)15(22(3,20)21)9-14-7-5-4-6-8-14/h4-8,12-13,15,17H,9-11H2,1-3H3. The van der Waals surface area contributed by atoms with Gasteiger partial charge >= 0.3 is 0 Å². The average Bonchev–Trinajstić information content (AvgIpc) is 2.43. The highest BCUT2D eigenvalue weighted by atomic mass is 32.2. The fourth-order valence-electron chi connectivity index (χ4n) is 2.96. The maximum absolute atomic E-state index is 12.8. The van der Waals surface area contributed by atoms with Crippen molar-refractivity contribution in [3.05, 3.63) is 35.9 Å². The molecule has 5 nitrogen and oxygen atoms in total. The summed E-state index contributed by atoms with van der Waals surface area (Å²) >= 11 is 0. The van der Waals surface area contributed by atoms with Gasteiger partial charge in [-0.25, -0.2) is 8.42 Å². The third kappa shape index (κ3) is 4.30. The molecule has 1 aromatic rings. The zero-order valence-electron chi connectivity index (χ0n) is 13.3. The highest BCUT2D eigenvalue weighted by molar-refractivity contribution is 7.92. The van der Waals surface area contributed by atoms with E-state index in [9.17, 15) is 13.2 Å². The minimum absolute atomic E-state index is 0.171. The molecule has 0 radical (unpaired) electrons. The number of piperazine rings is 1. The summed E-state index contributed by atoms with van der Waals surface area (Å²) in [5.74, 6) is -0.286. The number of carbonyl (C=O) groups is 1. The van der Waals surface area contributed by atoms with Crippen molar-refractivity contribution in [2.24, 2.45) is 0 Å². The SMILES string of the molecule is CC1CN(C(=O)C(Cc2ccccc2)S(C)(=O)=O)CC(C)N1. The molecule has 1 aliphatic heterocycles. The third-order valence-electron chi connectivity index (χ3n) is 3.93. The summed E-state index contributed by atoms with van der Waals surface area (Å²) in [7, 11) is -3.46. The Kier molecular flexibility index (Phi) is 5.24. The first-order valence-corrected chi connectivity index (χ1v) is 9.50. The molecule has 1 aliphatic rings. The molecule has 1 fully saturated rings. The van der Waals surface area contributed by atoms with Crippen LogP contribution in [0, 0.1) is 0 Å². The topological polar surface area (TPSA) is 66.5 Å². The van der Waals surface area contributed by atoms with Gasteiger partial charge in [-0.2, -0.15) is 0 Å². The van der Waals surface area contributed by atoms with E-state index in [1.165, 1.54) is 0 Å². The van der Waals surface area contributed by atoms with Crippen LogP contribution in [-0.2, 0) is 21.1 Å². The van der Waals surface area contributed by atoms with Crippen molar-refractivity contribution in [3.63, 3.8) is 0 Å². The van der Waals surface area contributed by atoms with Crippen LogP contribution in [0.25, 0.3) is 0 Å². The summed E-state index contributed by atoms with van der Waals surface area (Å²) in [5, 5.41) is 2.34. The van der Waals surface area contributed by atoms with E-state index in [1.807, 2.05) is 44.2 Å². The second-order valence-electron chi connectivity index (χ2n) is 6.22. The molecule has 1 aromatic carbocycles. The Morgan fingerprint density at radius 2 is 1.77 bits per heavy atom. The van der Waals surface area contributed by atoms with Gasteiger partial charge in [0.1, 0.15) is 5.25 Å². The van der Waals surface area contributed by atoms with Crippen molar-refractivity contribution < 1.29 is 13.2 Å². The van der Waals surface area contributed by atoms with Gasteiger partial charge in [0.2, 0.25) is 5.91 Å². The van der Waals surface area contributed by atoms with Crippen molar-refractivity contribution in [1.82, 2.24) is 10.2 Å². The highest BCUT2D eigenvalue weighted by Crippen LogP contribution is 2.15. The number of nitrogens with one attached hydrogen (secondary N) is 1. The Morgan fingerprint density at radius 1 is 1.23 bits per heavy atom. The molecule has 0 saturated carbocycles. The van der Waals surface area contributed by atoms with Crippen LogP contribution in [0.15, 0.2) is 30.3 Å². The van der Waals surface area contributed by atoms with Crippen molar-refractivity contribution in [2.45, 2.75) is 37.6 Å². The predicted molar refractivity (Wildman–Crippen MR) is 87.4 cm³/mol. The van der Waals surface area contributed by atoms with E-state index >= 15 is 0 Å². The fourth-order valence-corrected chi connectivity index (χ4v) is 3.97. The molecule has 1 N–H and O–H groups in total. The molecule has 0 aliphatic carbocycles. The predicted octanol–water partition coefficient (Wildman–Crippen LogP) is 0.851. The monoisotopic (exact) mass is 324 g/mol. The zero-order chi connectivity index (χ0) is 16.3. The quantitative estimate of drug-likeness (QED) is 0.892. The molecule has 3 unspecified atom stereocenters. The minimum Gasteiger partial charge on any atom is -0.338 e. The van der Waals surface area contributed by atoms with Gasteiger partial charge in [0.15, 0.2) is 9.84 Å². The first kappa shape index (κ1) is 17.0. The second kappa shape index (κ2) is 6.79. The molecule has 2 rings (SSSR count). The number of amides is 1. The molecular weight excluding hydrogens is 300 g/mol. The van der Waals surface area contributed by atoms with Gasteiger partial charge in [-0.05, 0) is 25.8 Å². The van der Waals surface area contributed by atoms with Crippen LogP contribution in [0.1, 0.15) is 19.4 Å². The van der Waals surface area contributed by atoms with E-state index in [0.29, 0.717) is 13.1 Å². The van der Waals surface area contributed by atoms with Gasteiger partial charge in [0, 0.05) is 31.4 Å². The summed E-state index contributed by atoms with van der Waals surface area (Å²) in [5.41, 5.74) is 0.863. The summed E-state index contributed by atoms with van der Waals surface area (Å²) in [4.78, 5) is 14.4. The Hall–Kier alpha value is -1.40. The van der Waals surface area contributed by atoms with Crippen molar-refractivity contribution in [3.8, 4) is 0 Å². The maximum Gasteiger partial charge on any atom is 0.241 e. The van der Waals surface area contributed by atoms with E-state index in [1.54, 1.807) is 4.90 Å². The zero-order valence-corrected chi connectivity index (χ0v) is 14.1. The first-order valence-electron chi connectivity index (χ1n) is 7.55. The third-order valence-corrected chi connectivity index (χ3v) is 5.33. The second-order valence-corrected chi connectivity index (χ2v) is 8.45. The number of hydrogen-bond donors (Lipinski definition) is 1. The highest BCUT2D eigenvalue weighted by Gasteiger charge is 2.35. The van der Waals surface area contributed by atoms with Gasteiger partial charge in [-0.3, -0.25) is 4.79 Å². The van der Waals surface area contributed by atoms with E-state index in [0.717, 1.165) is 11.8 Å². The van der Waals surface area contributed by atoms with Crippen LogP contribution in [0.5, 0.6) is 0 Å². The lowest BCUT2D eigenvalue weighted by Crippen LogP contribution is -2.58. The summed E-state index contributed by atoms with van der Waals surface area (Å²) in [6, 6.07) is 9.64. The normalized spacial score (nSPS) is 24.0. The molecule has 1 heterocycles. The lowest BCUT2D eigenvalue weighted by molar-refractivity contribution is -0.132. The molecule has 1 amide bonds. The largest absolute Gasteiger partial charge is 0.338 e. The van der Waals surface area contributed by atoms with Crippen LogP contribution in [0.2, 0.25) is 0 Å². The molecule has 0 bridgehead atoms. The summed E-state index contributed by atoms with van der Waals surface area (Å²) in [6.45, 7) is 5.10. The van der Waals surface area contributed by atoms with E-state index < -0.39 is 15.1 Å². The molecular formula is C16H24N2O3S. The molecule has 1 saturated heterocycles. The number of rotatable bonds is 4. The van der Waals surface area contributed by atoms with Gasteiger partial charge < -0.3 is 10.2 Å². The van der Waals surface area contributed by atoms with Gasteiger partial charge in [-0.15, -0.1) is 0 Å².